The first-order chi connectivity index (χ1) is 13.0. The van der Waals surface area contributed by atoms with Gasteiger partial charge < -0.3 is 9.88 Å². The molecule has 1 fully saturated rings. The molecule has 0 atom stereocenters. The van der Waals surface area contributed by atoms with Crippen LogP contribution in [-0.4, -0.2) is 10.5 Å². The van der Waals surface area contributed by atoms with Crippen LogP contribution < -0.4 is 10.9 Å². The van der Waals surface area contributed by atoms with Crippen LogP contribution in [0.25, 0.3) is 0 Å². The van der Waals surface area contributed by atoms with Gasteiger partial charge in [-0.2, -0.15) is 0 Å². The fraction of sp³-hybridized carbons (Fsp3) is 0.429. The highest BCUT2D eigenvalue weighted by atomic mass is 79.9. The molecule has 1 heterocycles. The van der Waals surface area contributed by atoms with E-state index >= 15 is 0 Å². The van der Waals surface area contributed by atoms with E-state index in [1.165, 1.54) is 29.5 Å². The SMILES string of the molecule is Cc1c(Br)cn(Cc2ccc(F)cc2)c(=O)c1NC(=O)C1CCCCCC1. The third kappa shape index (κ3) is 4.86. The number of carbonyl (C=O) groups is 1. The van der Waals surface area contributed by atoms with E-state index in [-0.39, 0.29) is 23.2 Å². The summed E-state index contributed by atoms with van der Waals surface area (Å²) in [4.78, 5) is 25.7. The Morgan fingerprint density at radius 2 is 1.81 bits per heavy atom. The molecule has 1 saturated carbocycles. The second kappa shape index (κ2) is 8.83. The van der Waals surface area contributed by atoms with E-state index in [0.29, 0.717) is 12.2 Å². The molecule has 0 spiro atoms. The van der Waals surface area contributed by atoms with Crippen LogP contribution in [-0.2, 0) is 11.3 Å². The van der Waals surface area contributed by atoms with Gasteiger partial charge in [-0.25, -0.2) is 4.39 Å². The van der Waals surface area contributed by atoms with Crippen LogP contribution in [0.4, 0.5) is 10.1 Å². The van der Waals surface area contributed by atoms with Crippen LogP contribution in [0, 0.1) is 18.7 Å². The minimum Gasteiger partial charge on any atom is -0.321 e. The zero-order valence-electron chi connectivity index (χ0n) is 15.4. The van der Waals surface area contributed by atoms with Crippen molar-refractivity contribution in [3.8, 4) is 0 Å². The van der Waals surface area contributed by atoms with Crippen LogP contribution in [0.1, 0.15) is 49.7 Å². The number of hydrogen-bond donors (Lipinski definition) is 1. The number of aromatic nitrogens is 1. The average Bonchev–Trinajstić information content (AvgIpc) is 2.94. The van der Waals surface area contributed by atoms with Gasteiger partial charge in [0, 0.05) is 16.6 Å². The highest BCUT2D eigenvalue weighted by Crippen LogP contribution is 2.26. The van der Waals surface area contributed by atoms with Gasteiger partial charge in [0.1, 0.15) is 11.5 Å². The molecule has 27 heavy (non-hydrogen) atoms. The van der Waals surface area contributed by atoms with Crippen molar-refractivity contribution in [1.82, 2.24) is 4.57 Å². The van der Waals surface area contributed by atoms with E-state index in [1.54, 1.807) is 18.3 Å². The van der Waals surface area contributed by atoms with Gasteiger partial charge in [-0.05, 0) is 59.0 Å². The van der Waals surface area contributed by atoms with Crippen LogP contribution in [0.15, 0.2) is 39.7 Å². The first kappa shape index (κ1) is 19.8. The van der Waals surface area contributed by atoms with Gasteiger partial charge in [0.15, 0.2) is 0 Å². The van der Waals surface area contributed by atoms with Crippen molar-refractivity contribution in [3.05, 3.63) is 62.2 Å². The highest BCUT2D eigenvalue weighted by Gasteiger charge is 2.22. The van der Waals surface area contributed by atoms with Gasteiger partial charge in [-0.15, -0.1) is 0 Å². The zero-order valence-corrected chi connectivity index (χ0v) is 17.0. The molecule has 0 aliphatic heterocycles. The fourth-order valence-corrected chi connectivity index (χ4v) is 3.98. The largest absolute Gasteiger partial charge is 0.321 e. The molecule has 2 aromatic rings. The first-order valence-electron chi connectivity index (χ1n) is 9.40. The molecule has 1 aromatic heterocycles. The first-order valence-corrected chi connectivity index (χ1v) is 10.2. The van der Waals surface area contributed by atoms with Gasteiger partial charge in [-0.1, -0.05) is 37.8 Å². The van der Waals surface area contributed by atoms with E-state index in [2.05, 4.69) is 21.2 Å². The molecular formula is C21H24BrFN2O2. The Morgan fingerprint density at radius 1 is 1.19 bits per heavy atom. The number of nitrogens with one attached hydrogen (secondary N) is 1. The number of nitrogens with zero attached hydrogens (tertiary/aromatic N) is 1. The quantitative estimate of drug-likeness (QED) is 0.686. The van der Waals surface area contributed by atoms with Gasteiger partial charge in [0.2, 0.25) is 5.91 Å². The van der Waals surface area contributed by atoms with E-state index in [0.717, 1.165) is 41.3 Å². The molecule has 1 aliphatic carbocycles. The van der Waals surface area contributed by atoms with Crippen molar-refractivity contribution in [1.29, 1.82) is 0 Å². The number of pyridine rings is 1. The summed E-state index contributed by atoms with van der Waals surface area (Å²) in [6.45, 7) is 2.13. The van der Waals surface area contributed by atoms with Crippen molar-refractivity contribution in [2.24, 2.45) is 5.92 Å². The Morgan fingerprint density at radius 3 is 2.44 bits per heavy atom. The average molecular weight is 435 g/mol. The molecule has 1 aromatic carbocycles. The number of anilines is 1. The number of benzene rings is 1. The molecule has 6 heteroatoms. The third-order valence-electron chi connectivity index (χ3n) is 5.22. The minimum atomic E-state index is -0.312. The summed E-state index contributed by atoms with van der Waals surface area (Å²) in [6.07, 6.45) is 7.93. The topological polar surface area (TPSA) is 51.1 Å². The predicted octanol–water partition coefficient (Wildman–Crippen LogP) is 5.02. The molecule has 144 valence electrons. The monoisotopic (exact) mass is 434 g/mol. The van der Waals surface area contributed by atoms with Crippen LogP contribution in [0.5, 0.6) is 0 Å². The smallest absolute Gasteiger partial charge is 0.274 e. The summed E-state index contributed by atoms with van der Waals surface area (Å²) in [5.41, 5.74) is 1.61. The normalized spacial score (nSPS) is 15.4. The lowest BCUT2D eigenvalue weighted by atomic mass is 9.99. The summed E-state index contributed by atoms with van der Waals surface area (Å²) >= 11 is 3.48. The summed E-state index contributed by atoms with van der Waals surface area (Å²) < 4.78 is 15.4. The lowest BCUT2D eigenvalue weighted by Crippen LogP contribution is -2.30. The van der Waals surface area contributed by atoms with Gasteiger partial charge in [0.25, 0.3) is 5.56 Å². The Labute approximate surface area is 166 Å². The van der Waals surface area contributed by atoms with E-state index in [4.69, 9.17) is 0 Å². The summed E-state index contributed by atoms with van der Waals surface area (Å²) in [6, 6.07) is 6.05. The highest BCUT2D eigenvalue weighted by molar-refractivity contribution is 9.10. The second-order valence-electron chi connectivity index (χ2n) is 7.21. The number of amides is 1. The summed E-state index contributed by atoms with van der Waals surface area (Å²) in [5, 5.41) is 2.89. The van der Waals surface area contributed by atoms with E-state index in [1.807, 2.05) is 6.92 Å². The van der Waals surface area contributed by atoms with Crippen molar-refractivity contribution in [3.63, 3.8) is 0 Å². The molecule has 0 radical (unpaired) electrons. The van der Waals surface area contributed by atoms with Crippen LogP contribution in [0.2, 0.25) is 0 Å². The molecule has 3 rings (SSSR count). The molecule has 1 N–H and O–H groups in total. The van der Waals surface area contributed by atoms with Crippen LogP contribution >= 0.6 is 15.9 Å². The van der Waals surface area contributed by atoms with Crippen molar-refractivity contribution < 1.29 is 9.18 Å². The summed E-state index contributed by atoms with van der Waals surface area (Å²) in [7, 11) is 0. The molecule has 1 aliphatic rings. The van der Waals surface area contributed by atoms with Gasteiger partial charge in [0.05, 0.1) is 6.54 Å². The van der Waals surface area contributed by atoms with Crippen molar-refractivity contribution >= 4 is 27.5 Å². The number of carbonyl (C=O) groups excluding carboxylic acids is 1. The Hall–Kier alpha value is -1.95. The standard InChI is InChI=1S/C21H24BrFN2O2/c1-14-18(22)13-25(12-15-8-10-17(23)11-9-15)21(27)19(14)24-20(26)16-6-4-2-3-5-7-16/h8-11,13,16H,2-7,12H2,1H3,(H,24,26). The molecule has 4 nitrogen and oxygen atoms in total. The Kier molecular flexibility index (Phi) is 6.47. The third-order valence-corrected chi connectivity index (χ3v) is 6.02. The van der Waals surface area contributed by atoms with E-state index < -0.39 is 0 Å². The van der Waals surface area contributed by atoms with Crippen LogP contribution in [0.3, 0.4) is 0 Å². The Balaban J connectivity index is 1.86. The van der Waals surface area contributed by atoms with Gasteiger partial charge in [-0.3, -0.25) is 9.59 Å². The molecule has 0 saturated heterocycles. The molecular weight excluding hydrogens is 411 g/mol. The van der Waals surface area contributed by atoms with Crippen molar-refractivity contribution in [2.75, 3.05) is 5.32 Å². The fourth-order valence-electron chi connectivity index (χ4n) is 3.53. The van der Waals surface area contributed by atoms with Crippen molar-refractivity contribution in [2.45, 2.75) is 52.0 Å². The number of halogens is 2. The molecule has 0 unspecified atom stereocenters. The zero-order chi connectivity index (χ0) is 19.4. The molecule has 1 amide bonds. The Bertz CT molecular complexity index is 869. The maximum absolute atomic E-state index is 13.1. The summed E-state index contributed by atoms with van der Waals surface area (Å²) in [5.74, 6) is -0.410. The predicted molar refractivity (Wildman–Crippen MR) is 108 cm³/mol. The maximum atomic E-state index is 13.1. The number of hydrogen-bond acceptors (Lipinski definition) is 2. The van der Waals surface area contributed by atoms with E-state index in [9.17, 15) is 14.0 Å². The lowest BCUT2D eigenvalue weighted by Gasteiger charge is -2.17. The van der Waals surface area contributed by atoms with Gasteiger partial charge >= 0.3 is 0 Å². The lowest BCUT2D eigenvalue weighted by molar-refractivity contribution is -0.120. The number of rotatable bonds is 4. The minimum absolute atomic E-state index is 0.0316. The maximum Gasteiger partial charge on any atom is 0.274 e. The molecule has 0 bridgehead atoms. The second-order valence-corrected chi connectivity index (χ2v) is 8.07.